The van der Waals surface area contributed by atoms with Crippen molar-refractivity contribution in [1.29, 1.82) is 0 Å². The Morgan fingerprint density at radius 3 is 2.90 bits per heavy atom. The van der Waals surface area contributed by atoms with Gasteiger partial charge in [-0.25, -0.2) is 9.78 Å². The summed E-state index contributed by atoms with van der Waals surface area (Å²) < 4.78 is 0. The Labute approximate surface area is 123 Å². The number of nitrogens with zero attached hydrogens (tertiary/aromatic N) is 1. The Bertz CT molecular complexity index is 489. The zero-order valence-corrected chi connectivity index (χ0v) is 13.1. The van der Waals surface area contributed by atoms with E-state index in [0.29, 0.717) is 6.54 Å². The van der Waals surface area contributed by atoms with Crippen molar-refractivity contribution >= 4 is 17.4 Å². The number of urea groups is 1. The van der Waals surface area contributed by atoms with Crippen molar-refractivity contribution < 1.29 is 9.90 Å². The molecule has 0 aliphatic heterocycles. The Morgan fingerprint density at radius 1 is 1.55 bits per heavy atom. The lowest BCUT2D eigenvalue weighted by molar-refractivity contribution is 0.121. The van der Waals surface area contributed by atoms with Gasteiger partial charge in [-0.1, -0.05) is 13.3 Å². The molecule has 2 atom stereocenters. The SMILES string of the molecule is Cc1nc(C)c(CNC(=O)NC2CCCC2(C)CO)s1. The molecule has 0 saturated heterocycles. The molecule has 2 unspecified atom stereocenters. The fourth-order valence-corrected chi connectivity index (χ4v) is 3.65. The lowest BCUT2D eigenvalue weighted by Gasteiger charge is -2.30. The van der Waals surface area contributed by atoms with Crippen LogP contribution in [0.25, 0.3) is 0 Å². The number of carbonyl (C=O) groups is 1. The molecule has 6 heteroatoms. The van der Waals surface area contributed by atoms with E-state index in [1.165, 1.54) is 0 Å². The molecule has 1 aromatic heterocycles. The van der Waals surface area contributed by atoms with Crippen LogP contribution >= 0.6 is 11.3 Å². The molecule has 0 aromatic carbocycles. The van der Waals surface area contributed by atoms with Gasteiger partial charge < -0.3 is 15.7 Å². The van der Waals surface area contributed by atoms with Gasteiger partial charge in [0.15, 0.2) is 0 Å². The molecular weight excluding hydrogens is 274 g/mol. The zero-order chi connectivity index (χ0) is 14.8. The van der Waals surface area contributed by atoms with Crippen LogP contribution in [0.4, 0.5) is 4.79 Å². The van der Waals surface area contributed by atoms with Gasteiger partial charge in [0.05, 0.1) is 23.9 Å². The third kappa shape index (κ3) is 3.30. The highest BCUT2D eigenvalue weighted by atomic mass is 32.1. The van der Waals surface area contributed by atoms with E-state index < -0.39 is 0 Å². The Morgan fingerprint density at radius 2 is 2.30 bits per heavy atom. The number of thiazole rings is 1. The smallest absolute Gasteiger partial charge is 0.315 e. The van der Waals surface area contributed by atoms with Crippen molar-refractivity contribution in [2.75, 3.05) is 6.61 Å². The van der Waals surface area contributed by atoms with Crippen LogP contribution in [0, 0.1) is 19.3 Å². The number of aliphatic hydroxyl groups excluding tert-OH is 1. The Kier molecular flexibility index (Phi) is 4.65. The lowest BCUT2D eigenvalue weighted by Crippen LogP contribution is -2.48. The van der Waals surface area contributed by atoms with Crippen molar-refractivity contribution in [3.63, 3.8) is 0 Å². The molecule has 112 valence electrons. The van der Waals surface area contributed by atoms with E-state index in [1.807, 2.05) is 20.8 Å². The molecule has 3 N–H and O–H groups in total. The summed E-state index contributed by atoms with van der Waals surface area (Å²) in [5.41, 5.74) is 0.794. The number of aromatic nitrogens is 1. The van der Waals surface area contributed by atoms with Gasteiger partial charge in [-0.15, -0.1) is 11.3 Å². The van der Waals surface area contributed by atoms with E-state index in [-0.39, 0.29) is 24.1 Å². The first-order valence-electron chi connectivity index (χ1n) is 7.03. The molecule has 1 heterocycles. The second-order valence-corrected chi connectivity index (χ2v) is 7.11. The van der Waals surface area contributed by atoms with Crippen LogP contribution in [-0.2, 0) is 6.54 Å². The molecular formula is C14H23N3O2S. The molecule has 0 bridgehead atoms. The molecule has 5 nitrogen and oxygen atoms in total. The first-order valence-corrected chi connectivity index (χ1v) is 7.84. The fraction of sp³-hybridized carbons (Fsp3) is 0.714. The zero-order valence-electron chi connectivity index (χ0n) is 12.3. The van der Waals surface area contributed by atoms with Crippen LogP contribution in [0.15, 0.2) is 0 Å². The van der Waals surface area contributed by atoms with E-state index in [4.69, 9.17) is 0 Å². The van der Waals surface area contributed by atoms with Crippen LogP contribution < -0.4 is 10.6 Å². The third-order valence-corrected chi connectivity index (χ3v) is 5.23. The number of amides is 2. The Hall–Kier alpha value is -1.14. The number of hydrogen-bond donors (Lipinski definition) is 3. The molecule has 0 radical (unpaired) electrons. The topological polar surface area (TPSA) is 74.2 Å². The number of hydrogen-bond acceptors (Lipinski definition) is 4. The van der Waals surface area contributed by atoms with Gasteiger partial charge >= 0.3 is 6.03 Å². The molecule has 0 spiro atoms. The Balaban J connectivity index is 1.85. The monoisotopic (exact) mass is 297 g/mol. The molecule has 2 rings (SSSR count). The van der Waals surface area contributed by atoms with Gasteiger partial charge in [-0.05, 0) is 26.7 Å². The van der Waals surface area contributed by atoms with Crippen molar-refractivity contribution in [3.8, 4) is 0 Å². The van der Waals surface area contributed by atoms with Crippen LogP contribution in [0.2, 0.25) is 0 Å². The second kappa shape index (κ2) is 6.10. The largest absolute Gasteiger partial charge is 0.396 e. The number of aliphatic hydroxyl groups is 1. The standard InChI is InChI=1S/C14H23N3O2S/c1-9-11(20-10(2)16-9)7-15-13(19)17-12-5-4-6-14(12,3)8-18/h12,18H,4-8H2,1-3H3,(H2,15,17,19). The maximum absolute atomic E-state index is 12.0. The van der Waals surface area contributed by atoms with Gasteiger partial charge in [0.2, 0.25) is 0 Å². The number of nitrogens with one attached hydrogen (secondary N) is 2. The quantitative estimate of drug-likeness (QED) is 0.797. The van der Waals surface area contributed by atoms with Gasteiger partial charge in [-0.3, -0.25) is 0 Å². The van der Waals surface area contributed by atoms with E-state index in [1.54, 1.807) is 11.3 Å². The summed E-state index contributed by atoms with van der Waals surface area (Å²) in [6.45, 7) is 6.57. The summed E-state index contributed by atoms with van der Waals surface area (Å²) in [6.07, 6.45) is 2.94. The van der Waals surface area contributed by atoms with Crippen molar-refractivity contribution in [3.05, 3.63) is 15.6 Å². The van der Waals surface area contributed by atoms with Crippen molar-refractivity contribution in [1.82, 2.24) is 15.6 Å². The minimum Gasteiger partial charge on any atom is -0.396 e. The highest BCUT2D eigenvalue weighted by Crippen LogP contribution is 2.37. The summed E-state index contributed by atoms with van der Waals surface area (Å²) in [5, 5.41) is 16.4. The number of aryl methyl sites for hydroxylation is 2. The van der Waals surface area contributed by atoms with Gasteiger partial charge in [0.25, 0.3) is 0 Å². The normalized spacial score (nSPS) is 25.7. The van der Waals surface area contributed by atoms with Crippen LogP contribution in [0.1, 0.15) is 41.8 Å². The first kappa shape index (κ1) is 15.3. The van der Waals surface area contributed by atoms with Gasteiger partial charge in [0, 0.05) is 16.3 Å². The molecule has 2 amide bonds. The van der Waals surface area contributed by atoms with Crippen molar-refractivity contribution in [2.24, 2.45) is 5.41 Å². The fourth-order valence-electron chi connectivity index (χ4n) is 2.78. The minimum atomic E-state index is -0.186. The number of carbonyl (C=O) groups excluding carboxylic acids is 1. The summed E-state index contributed by atoms with van der Waals surface area (Å²) in [4.78, 5) is 17.4. The van der Waals surface area contributed by atoms with E-state index in [0.717, 1.165) is 34.8 Å². The molecule has 1 aliphatic rings. The summed E-state index contributed by atoms with van der Waals surface area (Å²) >= 11 is 1.61. The average molecular weight is 297 g/mol. The van der Waals surface area contributed by atoms with Gasteiger partial charge in [0.1, 0.15) is 0 Å². The molecule has 1 aromatic rings. The predicted octanol–water partition coefficient (Wildman–Crippen LogP) is 2.11. The lowest BCUT2D eigenvalue weighted by atomic mass is 9.86. The molecule has 1 saturated carbocycles. The molecule has 1 fully saturated rings. The average Bonchev–Trinajstić information content (AvgIpc) is 2.91. The minimum absolute atomic E-state index is 0.0526. The molecule has 1 aliphatic carbocycles. The van der Waals surface area contributed by atoms with E-state index >= 15 is 0 Å². The predicted molar refractivity (Wildman–Crippen MR) is 79.8 cm³/mol. The highest BCUT2D eigenvalue weighted by molar-refractivity contribution is 7.11. The highest BCUT2D eigenvalue weighted by Gasteiger charge is 2.39. The van der Waals surface area contributed by atoms with Crippen LogP contribution in [0.3, 0.4) is 0 Å². The maximum atomic E-state index is 12.0. The maximum Gasteiger partial charge on any atom is 0.315 e. The van der Waals surface area contributed by atoms with Crippen LogP contribution in [-0.4, -0.2) is 28.8 Å². The second-order valence-electron chi connectivity index (χ2n) is 5.83. The first-order chi connectivity index (χ1) is 9.44. The summed E-state index contributed by atoms with van der Waals surface area (Å²) in [7, 11) is 0. The summed E-state index contributed by atoms with van der Waals surface area (Å²) in [5.74, 6) is 0. The van der Waals surface area contributed by atoms with Crippen LogP contribution in [0.5, 0.6) is 0 Å². The van der Waals surface area contributed by atoms with Gasteiger partial charge in [-0.2, -0.15) is 0 Å². The summed E-state index contributed by atoms with van der Waals surface area (Å²) in [6, 6.07) is -0.112. The molecule has 20 heavy (non-hydrogen) atoms. The van der Waals surface area contributed by atoms with E-state index in [9.17, 15) is 9.90 Å². The third-order valence-electron chi connectivity index (χ3n) is 4.16. The number of rotatable bonds is 4. The van der Waals surface area contributed by atoms with E-state index in [2.05, 4.69) is 15.6 Å². The van der Waals surface area contributed by atoms with Crippen molar-refractivity contribution in [2.45, 2.75) is 52.6 Å².